The first-order valence-corrected chi connectivity index (χ1v) is 6.04. The minimum atomic E-state index is -0.397. The van der Waals surface area contributed by atoms with Crippen LogP contribution in [0.2, 0.25) is 0 Å². The summed E-state index contributed by atoms with van der Waals surface area (Å²) < 4.78 is 6.18. The van der Waals surface area contributed by atoms with Gasteiger partial charge in [-0.2, -0.15) is 5.26 Å². The number of nitriles is 1. The maximum absolute atomic E-state index is 11.5. The number of halogens is 2. The summed E-state index contributed by atoms with van der Waals surface area (Å²) in [4.78, 5) is 11.5. The van der Waals surface area contributed by atoms with Crippen molar-refractivity contribution in [1.82, 2.24) is 0 Å². The molecule has 3 nitrogen and oxygen atoms in total. The molecule has 0 amide bonds. The zero-order valence-corrected chi connectivity index (χ0v) is 11.6. The van der Waals surface area contributed by atoms with E-state index in [2.05, 4.69) is 15.9 Å². The average molecular weight is 380 g/mol. The lowest BCUT2D eigenvalue weighted by molar-refractivity contribution is 0.0525. The van der Waals surface area contributed by atoms with Crippen molar-refractivity contribution in [2.24, 2.45) is 0 Å². The van der Waals surface area contributed by atoms with Gasteiger partial charge in [0.15, 0.2) is 0 Å². The van der Waals surface area contributed by atoms with Crippen molar-refractivity contribution in [1.29, 1.82) is 5.26 Å². The molecule has 0 N–H and O–H groups in total. The predicted octanol–water partition coefficient (Wildman–Crippen LogP) is 3.10. The normalized spacial score (nSPS) is 9.47. The lowest BCUT2D eigenvalue weighted by Crippen LogP contribution is -2.07. The molecule has 0 unspecified atom stereocenters. The Balaban J connectivity index is 3.23. The van der Waals surface area contributed by atoms with E-state index in [4.69, 9.17) is 10.00 Å². The van der Waals surface area contributed by atoms with E-state index in [-0.39, 0.29) is 0 Å². The highest BCUT2D eigenvalue weighted by atomic mass is 127. The van der Waals surface area contributed by atoms with Gasteiger partial charge < -0.3 is 4.74 Å². The Morgan fingerprint density at radius 1 is 1.67 bits per heavy atom. The standard InChI is InChI=1S/C10H7BrINO2/c1-2-15-10(14)6-3-4-8(11)7(5-13)9(6)12/h3-4H,2H2,1H3. The highest BCUT2D eigenvalue weighted by Crippen LogP contribution is 2.25. The summed E-state index contributed by atoms with van der Waals surface area (Å²) in [5, 5.41) is 8.90. The first kappa shape index (κ1) is 12.5. The Morgan fingerprint density at radius 3 is 2.87 bits per heavy atom. The van der Waals surface area contributed by atoms with Gasteiger partial charge in [0.25, 0.3) is 0 Å². The minimum Gasteiger partial charge on any atom is -0.462 e. The van der Waals surface area contributed by atoms with Gasteiger partial charge in [0.05, 0.1) is 17.7 Å². The quantitative estimate of drug-likeness (QED) is 0.586. The van der Waals surface area contributed by atoms with Crippen LogP contribution in [0, 0.1) is 14.9 Å². The van der Waals surface area contributed by atoms with E-state index in [0.717, 1.165) is 0 Å². The molecule has 0 fully saturated rings. The number of carbonyl (C=O) groups excluding carboxylic acids is 1. The molecule has 1 aromatic carbocycles. The first-order chi connectivity index (χ1) is 7.11. The summed E-state index contributed by atoms with van der Waals surface area (Å²) in [6.45, 7) is 2.07. The predicted molar refractivity (Wildman–Crippen MR) is 67.5 cm³/mol. The molecular weight excluding hydrogens is 373 g/mol. The second kappa shape index (κ2) is 5.47. The van der Waals surface area contributed by atoms with Crippen LogP contribution in [0.15, 0.2) is 16.6 Å². The number of benzene rings is 1. The van der Waals surface area contributed by atoms with Crippen molar-refractivity contribution in [2.75, 3.05) is 6.61 Å². The lowest BCUT2D eigenvalue weighted by Gasteiger charge is -2.06. The lowest BCUT2D eigenvalue weighted by atomic mass is 10.1. The summed E-state index contributed by atoms with van der Waals surface area (Å²) >= 11 is 5.22. The van der Waals surface area contributed by atoms with E-state index in [9.17, 15) is 4.79 Å². The molecule has 0 aliphatic rings. The molecule has 0 radical (unpaired) electrons. The van der Waals surface area contributed by atoms with Crippen LogP contribution in [0.5, 0.6) is 0 Å². The Kier molecular flexibility index (Phi) is 4.54. The van der Waals surface area contributed by atoms with Crippen molar-refractivity contribution in [2.45, 2.75) is 6.92 Å². The number of rotatable bonds is 2. The van der Waals surface area contributed by atoms with Crippen LogP contribution in [-0.2, 0) is 4.74 Å². The molecule has 0 aliphatic heterocycles. The van der Waals surface area contributed by atoms with Gasteiger partial charge in [0.1, 0.15) is 6.07 Å². The van der Waals surface area contributed by atoms with Crippen LogP contribution in [0.1, 0.15) is 22.8 Å². The fraction of sp³-hybridized carbons (Fsp3) is 0.200. The Hall–Kier alpha value is -0.610. The van der Waals surface area contributed by atoms with Crippen molar-refractivity contribution in [3.63, 3.8) is 0 Å². The molecule has 0 bridgehead atoms. The molecule has 1 aromatic rings. The molecule has 15 heavy (non-hydrogen) atoms. The smallest absolute Gasteiger partial charge is 0.339 e. The second-order valence-electron chi connectivity index (χ2n) is 2.62. The summed E-state index contributed by atoms with van der Waals surface area (Å²) in [7, 11) is 0. The van der Waals surface area contributed by atoms with Crippen molar-refractivity contribution < 1.29 is 9.53 Å². The number of ether oxygens (including phenoxy) is 1. The molecule has 5 heteroatoms. The van der Waals surface area contributed by atoms with E-state index in [1.165, 1.54) is 0 Å². The Bertz CT molecular complexity index is 440. The van der Waals surface area contributed by atoms with Crippen molar-refractivity contribution in [3.8, 4) is 6.07 Å². The highest BCUT2D eigenvalue weighted by Gasteiger charge is 2.15. The fourth-order valence-corrected chi connectivity index (χ4v) is 2.62. The molecule has 0 saturated carbocycles. The third-order valence-electron chi connectivity index (χ3n) is 1.70. The van der Waals surface area contributed by atoms with Crippen LogP contribution in [0.4, 0.5) is 0 Å². The monoisotopic (exact) mass is 379 g/mol. The minimum absolute atomic E-state index is 0.326. The number of hydrogen-bond donors (Lipinski definition) is 0. The molecule has 78 valence electrons. The second-order valence-corrected chi connectivity index (χ2v) is 4.55. The third kappa shape index (κ3) is 2.69. The van der Waals surface area contributed by atoms with Gasteiger partial charge in [-0.1, -0.05) is 0 Å². The van der Waals surface area contributed by atoms with Crippen molar-refractivity contribution >= 4 is 44.5 Å². The first-order valence-electron chi connectivity index (χ1n) is 4.17. The van der Waals surface area contributed by atoms with Gasteiger partial charge in [-0.15, -0.1) is 0 Å². The molecule has 0 heterocycles. The number of hydrogen-bond acceptors (Lipinski definition) is 3. The molecule has 1 rings (SSSR count). The molecule has 0 spiro atoms. The van der Waals surface area contributed by atoms with E-state index >= 15 is 0 Å². The van der Waals surface area contributed by atoms with Gasteiger partial charge in [-0.3, -0.25) is 0 Å². The highest BCUT2D eigenvalue weighted by molar-refractivity contribution is 14.1. The SMILES string of the molecule is CCOC(=O)c1ccc(Br)c(C#N)c1I. The van der Waals surface area contributed by atoms with Crippen LogP contribution in [0.3, 0.4) is 0 Å². The number of esters is 1. The fourth-order valence-electron chi connectivity index (χ4n) is 1.02. The molecule has 0 atom stereocenters. The van der Waals surface area contributed by atoms with Gasteiger partial charge in [0.2, 0.25) is 0 Å². The van der Waals surface area contributed by atoms with Crippen LogP contribution in [-0.4, -0.2) is 12.6 Å². The van der Waals surface area contributed by atoms with Crippen molar-refractivity contribution in [3.05, 3.63) is 31.3 Å². The van der Waals surface area contributed by atoms with Crippen LogP contribution < -0.4 is 0 Å². The van der Waals surface area contributed by atoms with Crippen LogP contribution >= 0.6 is 38.5 Å². The maximum Gasteiger partial charge on any atom is 0.339 e. The van der Waals surface area contributed by atoms with Gasteiger partial charge in [0, 0.05) is 8.04 Å². The summed E-state index contributed by atoms with van der Waals surface area (Å²) in [6, 6.07) is 5.36. The zero-order chi connectivity index (χ0) is 11.4. The third-order valence-corrected chi connectivity index (χ3v) is 3.48. The van der Waals surface area contributed by atoms with Gasteiger partial charge in [-0.05, 0) is 57.6 Å². The molecule has 0 saturated heterocycles. The molecule has 0 aromatic heterocycles. The van der Waals surface area contributed by atoms with Crippen LogP contribution in [0.25, 0.3) is 0 Å². The van der Waals surface area contributed by atoms with E-state index in [1.54, 1.807) is 19.1 Å². The molecule has 0 aliphatic carbocycles. The summed E-state index contributed by atoms with van der Waals surface area (Å²) in [5.74, 6) is -0.397. The van der Waals surface area contributed by atoms with Gasteiger partial charge in [-0.25, -0.2) is 4.79 Å². The largest absolute Gasteiger partial charge is 0.462 e. The summed E-state index contributed by atoms with van der Waals surface area (Å²) in [5.41, 5.74) is 0.887. The Labute approximate surface area is 110 Å². The van der Waals surface area contributed by atoms with E-state index in [0.29, 0.717) is 25.8 Å². The Morgan fingerprint density at radius 2 is 2.33 bits per heavy atom. The maximum atomic E-state index is 11.5. The summed E-state index contributed by atoms with van der Waals surface area (Å²) in [6.07, 6.45) is 0. The van der Waals surface area contributed by atoms with Gasteiger partial charge >= 0.3 is 5.97 Å². The number of nitrogens with zero attached hydrogens (tertiary/aromatic N) is 1. The number of carbonyl (C=O) groups is 1. The average Bonchev–Trinajstić information content (AvgIpc) is 2.18. The molecular formula is C10H7BrINO2. The van der Waals surface area contributed by atoms with E-state index < -0.39 is 5.97 Å². The van der Waals surface area contributed by atoms with E-state index in [1.807, 2.05) is 28.7 Å². The zero-order valence-electron chi connectivity index (χ0n) is 7.88. The topological polar surface area (TPSA) is 50.1 Å².